The molecule has 0 bridgehead atoms. The molecule has 4 nitrogen and oxygen atoms in total. The zero-order chi connectivity index (χ0) is 19.8. The molecule has 146 valence electrons. The summed E-state index contributed by atoms with van der Waals surface area (Å²) in [5.74, 6) is 2.31. The van der Waals surface area contributed by atoms with Gasteiger partial charge in [0.1, 0.15) is 11.5 Å². The predicted octanol–water partition coefficient (Wildman–Crippen LogP) is 6.00. The van der Waals surface area contributed by atoms with Crippen LogP contribution in [-0.2, 0) is 0 Å². The van der Waals surface area contributed by atoms with E-state index in [9.17, 15) is 0 Å². The molecular weight excluding hydrogens is 350 g/mol. The Morgan fingerprint density at radius 1 is 0.714 bits per heavy atom. The fourth-order valence-electron chi connectivity index (χ4n) is 3.02. The largest absolute Gasteiger partial charge is 0.497 e. The Morgan fingerprint density at radius 2 is 1.32 bits per heavy atom. The number of nitrogens with zero attached hydrogens (tertiary/aromatic N) is 1. The SMILES string of the molecule is CCCCCOc1ccc(-c2ccc(OC)cc2)c(-c2ccc(OC)cc2)n1. The molecule has 0 amide bonds. The molecule has 0 N–H and O–H groups in total. The first kappa shape index (κ1) is 19.7. The molecule has 0 aliphatic heterocycles. The molecule has 0 aliphatic rings. The normalized spacial score (nSPS) is 10.5. The van der Waals surface area contributed by atoms with Gasteiger partial charge in [-0.15, -0.1) is 0 Å². The highest BCUT2D eigenvalue weighted by molar-refractivity contribution is 5.81. The van der Waals surface area contributed by atoms with Crippen molar-refractivity contribution in [3.63, 3.8) is 0 Å². The topological polar surface area (TPSA) is 40.6 Å². The monoisotopic (exact) mass is 377 g/mol. The summed E-state index contributed by atoms with van der Waals surface area (Å²) in [4.78, 5) is 4.82. The molecular formula is C24H27NO3. The summed E-state index contributed by atoms with van der Waals surface area (Å²) in [6.45, 7) is 2.87. The average molecular weight is 377 g/mol. The van der Waals surface area contributed by atoms with Gasteiger partial charge in [-0.2, -0.15) is 0 Å². The van der Waals surface area contributed by atoms with E-state index in [0.717, 1.165) is 46.7 Å². The lowest BCUT2D eigenvalue weighted by molar-refractivity contribution is 0.295. The quantitative estimate of drug-likeness (QED) is 0.429. The van der Waals surface area contributed by atoms with Crippen molar-refractivity contribution in [1.82, 2.24) is 4.98 Å². The third kappa shape index (κ3) is 4.83. The van der Waals surface area contributed by atoms with E-state index >= 15 is 0 Å². The summed E-state index contributed by atoms with van der Waals surface area (Å²) >= 11 is 0. The lowest BCUT2D eigenvalue weighted by atomic mass is 9.99. The lowest BCUT2D eigenvalue weighted by Gasteiger charge is -2.13. The number of methoxy groups -OCH3 is 2. The van der Waals surface area contributed by atoms with Gasteiger partial charge >= 0.3 is 0 Å². The van der Waals surface area contributed by atoms with Gasteiger partial charge in [0.25, 0.3) is 0 Å². The number of benzene rings is 2. The minimum absolute atomic E-state index is 0.652. The van der Waals surface area contributed by atoms with Crippen LogP contribution in [0.25, 0.3) is 22.4 Å². The van der Waals surface area contributed by atoms with E-state index in [0.29, 0.717) is 12.5 Å². The van der Waals surface area contributed by atoms with E-state index in [1.165, 1.54) is 6.42 Å². The van der Waals surface area contributed by atoms with Gasteiger partial charge in [-0.25, -0.2) is 4.98 Å². The van der Waals surface area contributed by atoms with Gasteiger partial charge in [0.2, 0.25) is 5.88 Å². The third-order valence-corrected chi connectivity index (χ3v) is 4.63. The molecule has 0 atom stereocenters. The molecule has 0 saturated carbocycles. The number of aromatic nitrogens is 1. The molecule has 4 heteroatoms. The fourth-order valence-corrected chi connectivity index (χ4v) is 3.02. The molecule has 28 heavy (non-hydrogen) atoms. The Bertz CT molecular complexity index is 873. The number of pyridine rings is 1. The van der Waals surface area contributed by atoms with E-state index in [1.807, 2.05) is 54.6 Å². The van der Waals surface area contributed by atoms with Crippen LogP contribution in [0.4, 0.5) is 0 Å². The molecule has 1 heterocycles. The van der Waals surface area contributed by atoms with E-state index in [2.05, 4.69) is 13.0 Å². The second kappa shape index (κ2) is 9.79. The smallest absolute Gasteiger partial charge is 0.213 e. The van der Waals surface area contributed by atoms with Crippen LogP contribution in [0.3, 0.4) is 0 Å². The number of hydrogen-bond acceptors (Lipinski definition) is 4. The highest BCUT2D eigenvalue weighted by Crippen LogP contribution is 2.34. The maximum absolute atomic E-state index is 5.89. The van der Waals surface area contributed by atoms with E-state index in [4.69, 9.17) is 19.2 Å². The van der Waals surface area contributed by atoms with Crippen LogP contribution in [0, 0.1) is 0 Å². The second-order valence-electron chi connectivity index (χ2n) is 6.56. The molecule has 0 unspecified atom stereocenters. The zero-order valence-corrected chi connectivity index (χ0v) is 16.8. The van der Waals surface area contributed by atoms with Crippen molar-refractivity contribution in [3.05, 3.63) is 60.7 Å². The van der Waals surface area contributed by atoms with Gasteiger partial charge in [-0.3, -0.25) is 0 Å². The average Bonchev–Trinajstić information content (AvgIpc) is 2.77. The molecule has 0 spiro atoms. The molecule has 0 saturated heterocycles. The van der Waals surface area contributed by atoms with Gasteiger partial charge in [-0.1, -0.05) is 31.9 Å². The number of hydrogen-bond donors (Lipinski definition) is 0. The van der Waals surface area contributed by atoms with Gasteiger partial charge in [0.05, 0.1) is 26.5 Å². The summed E-state index contributed by atoms with van der Waals surface area (Å²) in [5, 5.41) is 0. The van der Waals surface area contributed by atoms with Crippen molar-refractivity contribution in [2.24, 2.45) is 0 Å². The summed E-state index contributed by atoms with van der Waals surface area (Å²) in [6.07, 6.45) is 3.37. The molecule has 0 radical (unpaired) electrons. The van der Waals surface area contributed by atoms with Crippen LogP contribution in [0.1, 0.15) is 26.2 Å². The Kier molecular flexibility index (Phi) is 6.90. The summed E-state index contributed by atoms with van der Waals surface area (Å²) in [7, 11) is 3.34. The third-order valence-electron chi connectivity index (χ3n) is 4.63. The van der Waals surface area contributed by atoms with Crippen LogP contribution in [0.2, 0.25) is 0 Å². The molecule has 0 aliphatic carbocycles. The number of unbranched alkanes of at least 4 members (excludes halogenated alkanes) is 2. The summed E-state index contributed by atoms with van der Waals surface area (Å²) in [5.41, 5.74) is 4.04. The molecule has 0 fully saturated rings. The van der Waals surface area contributed by atoms with Gasteiger partial charge in [-0.05, 0) is 54.4 Å². The number of ether oxygens (including phenoxy) is 3. The Balaban J connectivity index is 1.96. The highest BCUT2D eigenvalue weighted by atomic mass is 16.5. The van der Waals surface area contributed by atoms with Crippen molar-refractivity contribution < 1.29 is 14.2 Å². The fraction of sp³-hybridized carbons (Fsp3) is 0.292. The van der Waals surface area contributed by atoms with E-state index in [1.54, 1.807) is 14.2 Å². The Hall–Kier alpha value is -3.01. The van der Waals surface area contributed by atoms with Crippen molar-refractivity contribution in [3.8, 4) is 39.8 Å². The highest BCUT2D eigenvalue weighted by Gasteiger charge is 2.12. The van der Waals surface area contributed by atoms with Crippen molar-refractivity contribution in [2.45, 2.75) is 26.2 Å². The molecule has 2 aromatic carbocycles. The van der Waals surface area contributed by atoms with Crippen LogP contribution >= 0.6 is 0 Å². The maximum atomic E-state index is 5.89. The molecule has 1 aromatic heterocycles. The van der Waals surface area contributed by atoms with E-state index in [-0.39, 0.29) is 0 Å². The van der Waals surface area contributed by atoms with Gasteiger partial charge in [0.15, 0.2) is 0 Å². The summed E-state index contributed by atoms with van der Waals surface area (Å²) in [6, 6.07) is 20.0. The zero-order valence-electron chi connectivity index (χ0n) is 16.8. The Labute approximate surface area is 167 Å². The Morgan fingerprint density at radius 3 is 1.89 bits per heavy atom. The van der Waals surface area contributed by atoms with E-state index < -0.39 is 0 Å². The first-order chi connectivity index (χ1) is 13.7. The van der Waals surface area contributed by atoms with Crippen LogP contribution in [-0.4, -0.2) is 25.8 Å². The maximum Gasteiger partial charge on any atom is 0.213 e. The lowest BCUT2D eigenvalue weighted by Crippen LogP contribution is -2.00. The summed E-state index contributed by atoms with van der Waals surface area (Å²) < 4.78 is 16.5. The molecule has 3 aromatic rings. The van der Waals surface area contributed by atoms with Crippen LogP contribution in [0.15, 0.2) is 60.7 Å². The predicted molar refractivity (Wildman–Crippen MR) is 113 cm³/mol. The minimum Gasteiger partial charge on any atom is -0.497 e. The van der Waals surface area contributed by atoms with Crippen LogP contribution < -0.4 is 14.2 Å². The standard InChI is InChI=1S/C24H27NO3/c1-4-5-6-17-28-23-16-15-22(18-7-11-20(26-2)12-8-18)24(25-23)19-9-13-21(27-3)14-10-19/h7-16H,4-6,17H2,1-3H3. The van der Waals surface area contributed by atoms with Gasteiger partial charge in [0, 0.05) is 17.2 Å². The molecule has 3 rings (SSSR count). The van der Waals surface area contributed by atoms with Crippen LogP contribution in [0.5, 0.6) is 17.4 Å². The number of rotatable bonds is 9. The second-order valence-corrected chi connectivity index (χ2v) is 6.56. The first-order valence-electron chi connectivity index (χ1n) is 9.68. The van der Waals surface area contributed by atoms with Gasteiger partial charge < -0.3 is 14.2 Å². The minimum atomic E-state index is 0.652. The van der Waals surface area contributed by atoms with Crippen molar-refractivity contribution in [2.75, 3.05) is 20.8 Å². The van der Waals surface area contributed by atoms with Crippen molar-refractivity contribution in [1.29, 1.82) is 0 Å². The van der Waals surface area contributed by atoms with Crippen molar-refractivity contribution >= 4 is 0 Å². The first-order valence-corrected chi connectivity index (χ1v) is 9.68.